The Morgan fingerprint density at radius 2 is 2.12 bits per heavy atom. The molecular weight excluding hydrogens is 266 g/mol. The highest BCUT2D eigenvalue weighted by Crippen LogP contribution is 2.48. The molecule has 0 bridgehead atoms. The van der Waals surface area contributed by atoms with E-state index >= 15 is 0 Å². The number of benzene rings is 1. The molecule has 1 saturated carbocycles. The van der Waals surface area contributed by atoms with E-state index in [1.807, 2.05) is 24.3 Å². The zero-order chi connectivity index (χ0) is 11.4. The lowest BCUT2D eigenvalue weighted by Gasteiger charge is -2.14. The van der Waals surface area contributed by atoms with Gasteiger partial charge in [-0.1, -0.05) is 34.1 Å². The molecule has 1 aliphatic carbocycles. The van der Waals surface area contributed by atoms with Gasteiger partial charge in [0.05, 0.1) is 12.7 Å². The van der Waals surface area contributed by atoms with Gasteiger partial charge in [0.25, 0.3) is 0 Å². The molecule has 1 fully saturated rings. The molecule has 1 aliphatic rings. The first-order valence-electron chi connectivity index (χ1n) is 5.43. The van der Waals surface area contributed by atoms with Crippen LogP contribution in [0.5, 0.6) is 5.75 Å². The minimum Gasteiger partial charge on any atom is -0.493 e. The van der Waals surface area contributed by atoms with E-state index in [1.165, 1.54) is 0 Å². The second kappa shape index (κ2) is 4.88. The second-order valence-corrected chi connectivity index (χ2v) is 4.93. The van der Waals surface area contributed by atoms with Crippen LogP contribution in [0.25, 0.3) is 0 Å². The van der Waals surface area contributed by atoms with Gasteiger partial charge in [-0.2, -0.15) is 5.26 Å². The van der Waals surface area contributed by atoms with E-state index in [0.29, 0.717) is 13.0 Å². The minimum absolute atomic E-state index is 0.147. The van der Waals surface area contributed by atoms with Crippen molar-refractivity contribution in [3.63, 3.8) is 0 Å². The van der Waals surface area contributed by atoms with E-state index in [0.717, 1.165) is 29.5 Å². The smallest absolute Gasteiger partial charge is 0.123 e. The Morgan fingerprint density at radius 3 is 2.75 bits per heavy atom. The first-order valence-corrected chi connectivity index (χ1v) is 6.55. The van der Waals surface area contributed by atoms with Crippen LogP contribution in [0.15, 0.2) is 24.3 Å². The summed E-state index contributed by atoms with van der Waals surface area (Å²) in [5.74, 6) is 0.934. The van der Waals surface area contributed by atoms with Gasteiger partial charge in [0, 0.05) is 22.7 Å². The first-order chi connectivity index (χ1) is 7.79. The molecule has 1 aromatic rings. The third kappa shape index (κ3) is 2.56. The van der Waals surface area contributed by atoms with Gasteiger partial charge < -0.3 is 4.74 Å². The molecule has 1 aromatic carbocycles. The van der Waals surface area contributed by atoms with Crippen LogP contribution in [0.4, 0.5) is 0 Å². The molecule has 0 N–H and O–H groups in total. The number of rotatable bonds is 5. The second-order valence-electron chi connectivity index (χ2n) is 4.36. The standard InChI is InChI=1S/C13H14BrNO/c14-9-11-3-1-2-4-12(11)16-10-13(5-6-13)7-8-15/h1-4H,5-7,9-10H2. The SMILES string of the molecule is N#CCC1(COc2ccccc2CBr)CC1. The van der Waals surface area contributed by atoms with Crippen molar-refractivity contribution in [2.75, 3.05) is 6.61 Å². The Bertz CT molecular complexity index is 407. The molecule has 0 heterocycles. The molecule has 0 atom stereocenters. The number of nitrogens with zero attached hydrogens (tertiary/aromatic N) is 1. The Balaban J connectivity index is 1.97. The van der Waals surface area contributed by atoms with Gasteiger partial charge in [0.15, 0.2) is 0 Å². The number of para-hydroxylation sites is 1. The zero-order valence-electron chi connectivity index (χ0n) is 9.08. The topological polar surface area (TPSA) is 33.0 Å². The van der Waals surface area contributed by atoms with Crippen LogP contribution in [-0.4, -0.2) is 6.61 Å². The van der Waals surface area contributed by atoms with Gasteiger partial charge >= 0.3 is 0 Å². The van der Waals surface area contributed by atoms with Gasteiger partial charge in [0.1, 0.15) is 5.75 Å². The van der Waals surface area contributed by atoms with Crippen LogP contribution in [0, 0.1) is 16.7 Å². The van der Waals surface area contributed by atoms with Crippen molar-refractivity contribution in [2.24, 2.45) is 5.41 Å². The van der Waals surface area contributed by atoms with E-state index in [-0.39, 0.29) is 5.41 Å². The van der Waals surface area contributed by atoms with Crippen molar-refractivity contribution < 1.29 is 4.74 Å². The van der Waals surface area contributed by atoms with Crippen molar-refractivity contribution in [3.05, 3.63) is 29.8 Å². The van der Waals surface area contributed by atoms with Crippen LogP contribution in [0.1, 0.15) is 24.8 Å². The van der Waals surface area contributed by atoms with Crippen LogP contribution >= 0.6 is 15.9 Å². The van der Waals surface area contributed by atoms with Crippen LogP contribution < -0.4 is 4.74 Å². The van der Waals surface area contributed by atoms with Crippen molar-refractivity contribution in [3.8, 4) is 11.8 Å². The molecule has 16 heavy (non-hydrogen) atoms. The van der Waals surface area contributed by atoms with Gasteiger partial charge in [-0.15, -0.1) is 0 Å². The summed E-state index contributed by atoms with van der Waals surface area (Å²) in [6, 6.07) is 10.3. The van der Waals surface area contributed by atoms with Gasteiger partial charge in [-0.3, -0.25) is 0 Å². The Hall–Kier alpha value is -1.01. The number of alkyl halides is 1. The average Bonchev–Trinajstić information content (AvgIpc) is 3.08. The highest BCUT2D eigenvalue weighted by molar-refractivity contribution is 9.08. The van der Waals surface area contributed by atoms with Crippen LogP contribution in [0.3, 0.4) is 0 Å². The van der Waals surface area contributed by atoms with E-state index in [1.54, 1.807) is 0 Å². The molecule has 84 valence electrons. The summed E-state index contributed by atoms with van der Waals surface area (Å²) in [5.41, 5.74) is 1.31. The third-order valence-corrected chi connectivity index (χ3v) is 3.67. The predicted molar refractivity (Wildman–Crippen MR) is 66.5 cm³/mol. The molecule has 0 unspecified atom stereocenters. The summed E-state index contributed by atoms with van der Waals surface area (Å²) in [6.45, 7) is 0.671. The lowest BCUT2D eigenvalue weighted by molar-refractivity contribution is 0.235. The summed E-state index contributed by atoms with van der Waals surface area (Å²) >= 11 is 3.44. The van der Waals surface area contributed by atoms with Crippen molar-refractivity contribution in [1.29, 1.82) is 5.26 Å². The summed E-state index contributed by atoms with van der Waals surface area (Å²) in [5, 5.41) is 9.53. The predicted octanol–water partition coefficient (Wildman–Crippen LogP) is 3.65. The fourth-order valence-electron chi connectivity index (χ4n) is 1.70. The summed E-state index contributed by atoms with van der Waals surface area (Å²) in [7, 11) is 0. The van der Waals surface area contributed by atoms with E-state index in [4.69, 9.17) is 10.00 Å². The molecular formula is C13H14BrNO. The van der Waals surface area contributed by atoms with E-state index in [2.05, 4.69) is 22.0 Å². The van der Waals surface area contributed by atoms with Crippen molar-refractivity contribution in [2.45, 2.75) is 24.6 Å². The fourth-order valence-corrected chi connectivity index (χ4v) is 2.17. The quantitative estimate of drug-likeness (QED) is 0.771. The maximum Gasteiger partial charge on any atom is 0.123 e. The molecule has 2 nitrogen and oxygen atoms in total. The third-order valence-electron chi connectivity index (χ3n) is 3.06. The van der Waals surface area contributed by atoms with Crippen molar-refractivity contribution in [1.82, 2.24) is 0 Å². The summed E-state index contributed by atoms with van der Waals surface area (Å²) in [6.07, 6.45) is 2.86. The largest absolute Gasteiger partial charge is 0.493 e. The number of hydrogen-bond acceptors (Lipinski definition) is 2. The molecule has 0 radical (unpaired) electrons. The molecule has 0 spiro atoms. The fraction of sp³-hybridized carbons (Fsp3) is 0.462. The molecule has 3 heteroatoms. The molecule has 0 aromatic heterocycles. The monoisotopic (exact) mass is 279 g/mol. The normalized spacial score (nSPS) is 16.5. The molecule has 0 aliphatic heterocycles. The van der Waals surface area contributed by atoms with E-state index in [9.17, 15) is 0 Å². The maximum absolute atomic E-state index is 8.73. The highest BCUT2D eigenvalue weighted by Gasteiger charge is 2.43. The molecule has 0 saturated heterocycles. The number of nitriles is 1. The summed E-state index contributed by atoms with van der Waals surface area (Å²) < 4.78 is 5.83. The highest BCUT2D eigenvalue weighted by atomic mass is 79.9. The average molecular weight is 280 g/mol. The van der Waals surface area contributed by atoms with Crippen molar-refractivity contribution >= 4 is 15.9 Å². The van der Waals surface area contributed by atoms with Crippen LogP contribution in [-0.2, 0) is 5.33 Å². The zero-order valence-corrected chi connectivity index (χ0v) is 10.7. The number of halogens is 1. The number of hydrogen-bond donors (Lipinski definition) is 0. The lowest BCUT2D eigenvalue weighted by atomic mass is 10.1. The minimum atomic E-state index is 0.147. The lowest BCUT2D eigenvalue weighted by Crippen LogP contribution is -2.13. The van der Waals surface area contributed by atoms with Crippen LogP contribution in [0.2, 0.25) is 0 Å². The first kappa shape index (κ1) is 11.5. The molecule has 2 rings (SSSR count). The van der Waals surface area contributed by atoms with Gasteiger partial charge in [-0.05, 0) is 18.9 Å². The Morgan fingerprint density at radius 1 is 1.38 bits per heavy atom. The summed E-state index contributed by atoms with van der Waals surface area (Å²) in [4.78, 5) is 0. The number of ether oxygens (including phenoxy) is 1. The Kier molecular flexibility index (Phi) is 3.50. The van der Waals surface area contributed by atoms with Gasteiger partial charge in [-0.25, -0.2) is 0 Å². The Labute approximate surface area is 104 Å². The molecule has 0 amide bonds. The van der Waals surface area contributed by atoms with Gasteiger partial charge in [0.2, 0.25) is 0 Å². The van der Waals surface area contributed by atoms with E-state index < -0.39 is 0 Å². The maximum atomic E-state index is 8.73.